The van der Waals surface area contributed by atoms with Gasteiger partial charge in [0.1, 0.15) is 0 Å². The highest BCUT2D eigenvalue weighted by atomic mass is 79.9. The van der Waals surface area contributed by atoms with Gasteiger partial charge in [-0.05, 0) is 49.8 Å². The van der Waals surface area contributed by atoms with Crippen molar-refractivity contribution in [3.63, 3.8) is 0 Å². The highest BCUT2D eigenvalue weighted by Crippen LogP contribution is 2.33. The summed E-state index contributed by atoms with van der Waals surface area (Å²) >= 11 is 3.50. The summed E-state index contributed by atoms with van der Waals surface area (Å²) in [7, 11) is 0. The number of benzene rings is 1. The minimum absolute atomic E-state index is 0.0248. The maximum Gasteiger partial charge on any atom is 0.241 e. The second-order valence-corrected chi connectivity index (χ2v) is 6.91. The second-order valence-electron chi connectivity index (χ2n) is 6.06. The molecule has 1 heterocycles. The molecule has 1 aromatic rings. The van der Waals surface area contributed by atoms with Crippen molar-refractivity contribution >= 4 is 27.5 Å². The summed E-state index contributed by atoms with van der Waals surface area (Å²) < 4.78 is 1.03. The molecule has 1 amide bonds. The molecule has 3 unspecified atom stereocenters. The fourth-order valence-corrected chi connectivity index (χ4v) is 3.80. The lowest BCUT2D eigenvalue weighted by Crippen LogP contribution is -2.39. The van der Waals surface area contributed by atoms with Crippen molar-refractivity contribution in [1.82, 2.24) is 5.32 Å². The zero-order valence-electron chi connectivity index (χ0n) is 11.8. The zero-order chi connectivity index (χ0) is 14.1. The third kappa shape index (κ3) is 2.91. The number of carbonyl (C=O) groups is 1. The Balaban J connectivity index is 1.63. The van der Waals surface area contributed by atoms with E-state index in [1.807, 2.05) is 25.1 Å². The summed E-state index contributed by atoms with van der Waals surface area (Å²) in [4.78, 5) is 12.4. The Morgan fingerprint density at radius 1 is 1.35 bits per heavy atom. The van der Waals surface area contributed by atoms with Crippen LogP contribution in [0.4, 0.5) is 5.69 Å². The van der Waals surface area contributed by atoms with E-state index in [0.717, 1.165) is 16.6 Å². The summed E-state index contributed by atoms with van der Waals surface area (Å²) in [5.41, 5.74) is 2.04. The lowest BCUT2D eigenvalue weighted by atomic mass is 9.85. The molecule has 2 aliphatic rings. The van der Waals surface area contributed by atoms with Crippen molar-refractivity contribution in [3.8, 4) is 0 Å². The molecule has 0 radical (unpaired) electrons. The SMILES string of the molecule is Cc1ccc(NC(=O)C2CC3CCCCC3N2)cc1Br. The Bertz CT molecular complexity index is 503. The molecule has 0 spiro atoms. The molecule has 1 saturated carbocycles. The lowest BCUT2D eigenvalue weighted by Gasteiger charge is -2.24. The number of carbonyl (C=O) groups excluding carboxylic acids is 1. The molecule has 3 nitrogen and oxygen atoms in total. The summed E-state index contributed by atoms with van der Waals surface area (Å²) in [6.45, 7) is 2.04. The fourth-order valence-electron chi connectivity index (χ4n) is 3.42. The van der Waals surface area contributed by atoms with E-state index in [0.29, 0.717) is 12.0 Å². The highest BCUT2D eigenvalue weighted by Gasteiger charge is 2.38. The molecule has 2 fully saturated rings. The number of hydrogen-bond acceptors (Lipinski definition) is 2. The standard InChI is InChI=1S/C16H21BrN2O/c1-10-6-7-12(9-13(10)17)18-16(20)15-8-11-4-2-3-5-14(11)19-15/h6-7,9,11,14-15,19H,2-5,8H2,1H3,(H,18,20). The molecular formula is C16H21BrN2O. The molecule has 3 rings (SSSR count). The van der Waals surface area contributed by atoms with Crippen LogP contribution in [0.5, 0.6) is 0 Å². The Labute approximate surface area is 128 Å². The minimum Gasteiger partial charge on any atom is -0.325 e. The number of rotatable bonds is 2. The monoisotopic (exact) mass is 336 g/mol. The van der Waals surface area contributed by atoms with Crippen LogP contribution in [0.2, 0.25) is 0 Å². The van der Waals surface area contributed by atoms with Crippen LogP contribution in [-0.4, -0.2) is 18.0 Å². The smallest absolute Gasteiger partial charge is 0.241 e. The third-order valence-corrected chi connectivity index (χ3v) is 5.47. The van der Waals surface area contributed by atoms with Crippen LogP contribution < -0.4 is 10.6 Å². The average molecular weight is 337 g/mol. The molecule has 3 atom stereocenters. The van der Waals surface area contributed by atoms with Crippen molar-refractivity contribution in [1.29, 1.82) is 0 Å². The van der Waals surface area contributed by atoms with Crippen LogP contribution in [0.1, 0.15) is 37.7 Å². The quantitative estimate of drug-likeness (QED) is 0.865. The van der Waals surface area contributed by atoms with Gasteiger partial charge >= 0.3 is 0 Å². The van der Waals surface area contributed by atoms with E-state index in [9.17, 15) is 4.79 Å². The van der Waals surface area contributed by atoms with Crippen molar-refractivity contribution in [3.05, 3.63) is 28.2 Å². The highest BCUT2D eigenvalue weighted by molar-refractivity contribution is 9.10. The first-order valence-corrected chi connectivity index (χ1v) is 8.26. The van der Waals surface area contributed by atoms with Crippen LogP contribution in [0, 0.1) is 12.8 Å². The van der Waals surface area contributed by atoms with Crippen LogP contribution in [0.15, 0.2) is 22.7 Å². The zero-order valence-corrected chi connectivity index (χ0v) is 13.4. The number of aryl methyl sites for hydroxylation is 1. The summed E-state index contributed by atoms with van der Waals surface area (Å²) in [5.74, 6) is 0.805. The number of amides is 1. The number of anilines is 1. The van der Waals surface area contributed by atoms with Gasteiger partial charge in [-0.3, -0.25) is 4.79 Å². The third-order valence-electron chi connectivity index (χ3n) is 4.62. The van der Waals surface area contributed by atoms with Gasteiger partial charge in [-0.2, -0.15) is 0 Å². The van der Waals surface area contributed by atoms with E-state index in [1.54, 1.807) is 0 Å². The van der Waals surface area contributed by atoms with Crippen molar-refractivity contribution < 1.29 is 4.79 Å². The van der Waals surface area contributed by atoms with Gasteiger partial charge in [0.2, 0.25) is 5.91 Å². The predicted octanol–water partition coefficient (Wildman–Crippen LogP) is 3.62. The molecule has 0 aromatic heterocycles. The maximum atomic E-state index is 12.4. The Morgan fingerprint density at radius 3 is 2.90 bits per heavy atom. The largest absolute Gasteiger partial charge is 0.325 e. The minimum atomic E-state index is -0.0248. The van der Waals surface area contributed by atoms with Gasteiger partial charge in [0.05, 0.1) is 6.04 Å². The maximum absolute atomic E-state index is 12.4. The van der Waals surface area contributed by atoms with Gasteiger partial charge in [0.15, 0.2) is 0 Å². The molecular weight excluding hydrogens is 316 g/mol. The Hall–Kier alpha value is -0.870. The van der Waals surface area contributed by atoms with E-state index < -0.39 is 0 Å². The topological polar surface area (TPSA) is 41.1 Å². The molecule has 1 saturated heterocycles. The molecule has 20 heavy (non-hydrogen) atoms. The molecule has 1 aliphatic carbocycles. The van der Waals surface area contributed by atoms with E-state index >= 15 is 0 Å². The van der Waals surface area contributed by atoms with Gasteiger partial charge in [-0.15, -0.1) is 0 Å². The summed E-state index contributed by atoms with van der Waals surface area (Å²) in [5, 5.41) is 6.55. The van der Waals surface area contributed by atoms with E-state index in [-0.39, 0.29) is 11.9 Å². The molecule has 4 heteroatoms. The predicted molar refractivity (Wildman–Crippen MR) is 84.8 cm³/mol. The molecule has 2 N–H and O–H groups in total. The number of fused-ring (bicyclic) bond motifs is 1. The Kier molecular flexibility index (Phi) is 4.13. The van der Waals surface area contributed by atoms with Crippen LogP contribution in [0.3, 0.4) is 0 Å². The van der Waals surface area contributed by atoms with E-state index in [4.69, 9.17) is 0 Å². The summed E-state index contributed by atoms with van der Waals surface area (Å²) in [6, 6.07) is 6.48. The van der Waals surface area contributed by atoms with Crippen LogP contribution >= 0.6 is 15.9 Å². The fraction of sp³-hybridized carbons (Fsp3) is 0.562. The summed E-state index contributed by atoms with van der Waals surface area (Å²) in [6.07, 6.45) is 6.11. The van der Waals surface area contributed by atoms with Crippen LogP contribution in [0.25, 0.3) is 0 Å². The second kappa shape index (κ2) is 5.86. The van der Waals surface area contributed by atoms with Gasteiger partial charge in [-0.1, -0.05) is 34.8 Å². The molecule has 1 aromatic carbocycles. The first-order valence-electron chi connectivity index (χ1n) is 7.46. The van der Waals surface area contributed by atoms with E-state index in [2.05, 4.69) is 26.6 Å². The van der Waals surface area contributed by atoms with E-state index in [1.165, 1.54) is 31.2 Å². The van der Waals surface area contributed by atoms with Crippen LogP contribution in [-0.2, 0) is 4.79 Å². The van der Waals surface area contributed by atoms with Crippen molar-refractivity contribution in [2.24, 2.45) is 5.92 Å². The van der Waals surface area contributed by atoms with Gasteiger partial charge < -0.3 is 10.6 Å². The number of nitrogens with one attached hydrogen (secondary N) is 2. The first kappa shape index (κ1) is 14.1. The van der Waals surface area contributed by atoms with Gasteiger partial charge in [-0.25, -0.2) is 0 Å². The van der Waals surface area contributed by atoms with Gasteiger partial charge in [0, 0.05) is 16.2 Å². The lowest BCUT2D eigenvalue weighted by molar-refractivity contribution is -0.117. The Morgan fingerprint density at radius 2 is 2.15 bits per heavy atom. The molecule has 1 aliphatic heterocycles. The van der Waals surface area contributed by atoms with Gasteiger partial charge in [0.25, 0.3) is 0 Å². The number of hydrogen-bond donors (Lipinski definition) is 2. The van der Waals surface area contributed by atoms with Crippen molar-refractivity contribution in [2.75, 3.05) is 5.32 Å². The number of halogens is 1. The van der Waals surface area contributed by atoms with Crippen molar-refractivity contribution in [2.45, 2.75) is 51.1 Å². The first-order chi connectivity index (χ1) is 9.63. The molecule has 0 bridgehead atoms. The molecule has 108 valence electrons. The average Bonchev–Trinajstić information content (AvgIpc) is 2.87. The normalized spacial score (nSPS) is 29.0.